The normalized spacial score (nSPS) is 12.5. The number of rotatable bonds is 8. The number of hydrogen-bond donors (Lipinski definition) is 1. The molecule has 0 aliphatic rings. The van der Waals surface area contributed by atoms with Crippen molar-refractivity contribution in [3.63, 3.8) is 0 Å². The van der Waals surface area contributed by atoms with Crippen LogP contribution >= 0.6 is 11.3 Å². The van der Waals surface area contributed by atoms with Crippen molar-refractivity contribution >= 4 is 27.3 Å². The molecule has 1 N–H and O–H groups in total. The van der Waals surface area contributed by atoms with E-state index >= 15 is 0 Å². The average Bonchev–Trinajstić information content (AvgIpc) is 2.88. The maximum atomic E-state index is 12.9. The van der Waals surface area contributed by atoms with Crippen molar-refractivity contribution in [2.45, 2.75) is 51.5 Å². The molecule has 7 heteroatoms. The van der Waals surface area contributed by atoms with Crippen LogP contribution in [0, 0.1) is 5.92 Å². The summed E-state index contributed by atoms with van der Waals surface area (Å²) in [7, 11) is -3.79. The molecule has 0 fully saturated rings. The number of carbonyl (C=O) groups is 1. The fourth-order valence-corrected chi connectivity index (χ4v) is 5.45. The summed E-state index contributed by atoms with van der Waals surface area (Å²) < 4.78 is 27.2. The zero-order chi connectivity index (χ0) is 16.2. The summed E-state index contributed by atoms with van der Waals surface area (Å²) >= 11 is 0.942. The lowest BCUT2D eigenvalue weighted by molar-refractivity contribution is 0.0698. The first-order valence-electron chi connectivity index (χ1n) is 7.08. The third kappa shape index (κ3) is 4.05. The highest BCUT2D eigenvalue weighted by Gasteiger charge is 2.33. The van der Waals surface area contributed by atoms with Crippen LogP contribution in [0.2, 0.25) is 0 Å². The van der Waals surface area contributed by atoms with E-state index in [1.165, 1.54) is 15.8 Å². The van der Waals surface area contributed by atoms with E-state index < -0.39 is 16.0 Å². The number of sulfonamides is 1. The number of nitrogens with zero attached hydrogens (tertiary/aromatic N) is 1. The number of thiophene rings is 1. The molecule has 0 amide bonds. The van der Waals surface area contributed by atoms with Gasteiger partial charge in [-0.1, -0.05) is 27.7 Å². The van der Waals surface area contributed by atoms with Gasteiger partial charge in [-0.2, -0.15) is 4.31 Å². The van der Waals surface area contributed by atoms with Gasteiger partial charge in [0.05, 0.1) is 0 Å². The van der Waals surface area contributed by atoms with Crippen LogP contribution in [0.5, 0.6) is 0 Å². The van der Waals surface area contributed by atoms with Crippen LogP contribution in [0.1, 0.15) is 50.2 Å². The Morgan fingerprint density at radius 3 is 2.33 bits per heavy atom. The van der Waals surface area contributed by atoms with Crippen LogP contribution in [0.3, 0.4) is 0 Å². The van der Waals surface area contributed by atoms with E-state index in [2.05, 4.69) is 0 Å². The molecule has 0 bridgehead atoms. The molecular weight excluding hydrogens is 310 g/mol. The molecule has 0 saturated carbocycles. The lowest BCUT2D eigenvalue weighted by atomic mass is 10.1. The molecule has 0 spiro atoms. The number of carboxylic acids is 1. The fraction of sp³-hybridized carbons (Fsp3) is 0.643. The molecule has 1 heterocycles. The molecule has 1 aromatic heterocycles. The van der Waals surface area contributed by atoms with Gasteiger partial charge in [0.15, 0.2) is 0 Å². The predicted octanol–water partition coefficient (Wildman–Crippen LogP) is 3.28. The van der Waals surface area contributed by atoms with Gasteiger partial charge in [-0.15, -0.1) is 11.3 Å². The maximum absolute atomic E-state index is 12.9. The van der Waals surface area contributed by atoms with Gasteiger partial charge in [-0.05, 0) is 30.2 Å². The number of carboxylic acid groups (broad SMARTS) is 1. The van der Waals surface area contributed by atoms with E-state index in [0.29, 0.717) is 19.4 Å². The maximum Gasteiger partial charge on any atom is 0.347 e. The topological polar surface area (TPSA) is 74.7 Å². The summed E-state index contributed by atoms with van der Waals surface area (Å²) in [4.78, 5) is 11.0. The molecule has 0 saturated heterocycles. The first kappa shape index (κ1) is 18.1. The average molecular weight is 333 g/mol. The number of aromatic carboxylic acids is 1. The summed E-state index contributed by atoms with van der Waals surface area (Å²) in [6, 6.07) is 1.28. The molecule has 1 rings (SSSR count). The van der Waals surface area contributed by atoms with Gasteiger partial charge < -0.3 is 5.11 Å². The van der Waals surface area contributed by atoms with Crippen molar-refractivity contribution in [2.24, 2.45) is 5.92 Å². The summed E-state index contributed by atoms with van der Waals surface area (Å²) in [6.45, 7) is 8.20. The second kappa shape index (κ2) is 7.38. The van der Waals surface area contributed by atoms with Crippen LogP contribution in [-0.2, 0) is 10.0 Å². The molecule has 0 aliphatic carbocycles. The zero-order valence-corrected chi connectivity index (χ0v) is 14.5. The quantitative estimate of drug-likeness (QED) is 0.792. The van der Waals surface area contributed by atoms with E-state index in [9.17, 15) is 13.2 Å². The van der Waals surface area contributed by atoms with Gasteiger partial charge in [0.2, 0.25) is 10.0 Å². The smallest absolute Gasteiger partial charge is 0.347 e. The van der Waals surface area contributed by atoms with Gasteiger partial charge in [0, 0.05) is 12.6 Å². The highest BCUT2D eigenvalue weighted by atomic mass is 32.2. The molecule has 0 atom stereocenters. The third-order valence-corrected chi connectivity index (χ3v) is 6.30. The second-order valence-electron chi connectivity index (χ2n) is 5.36. The fourth-order valence-electron chi connectivity index (χ4n) is 2.28. The minimum Gasteiger partial charge on any atom is -0.477 e. The van der Waals surface area contributed by atoms with Crippen molar-refractivity contribution in [1.29, 1.82) is 0 Å². The van der Waals surface area contributed by atoms with E-state index in [-0.39, 0.29) is 21.7 Å². The predicted molar refractivity (Wildman–Crippen MR) is 84.4 cm³/mol. The Bertz CT molecular complexity index is 574. The molecule has 120 valence electrons. The van der Waals surface area contributed by atoms with Crippen LogP contribution in [0.25, 0.3) is 0 Å². The van der Waals surface area contributed by atoms with Crippen molar-refractivity contribution in [2.75, 3.05) is 6.54 Å². The Hall–Kier alpha value is -0.920. The molecule has 1 aromatic rings. The first-order chi connectivity index (χ1) is 9.75. The van der Waals surface area contributed by atoms with Crippen LogP contribution in [0.4, 0.5) is 0 Å². The lowest BCUT2D eigenvalue weighted by Crippen LogP contribution is -2.42. The Kier molecular flexibility index (Phi) is 6.37. The largest absolute Gasteiger partial charge is 0.477 e. The molecule has 0 unspecified atom stereocenters. The second-order valence-corrected chi connectivity index (χ2v) is 8.13. The molecule has 5 nitrogen and oxygen atoms in total. The Balaban J connectivity index is 3.32. The molecule has 0 aliphatic heterocycles. The van der Waals surface area contributed by atoms with Crippen molar-refractivity contribution in [3.05, 3.63) is 16.3 Å². The summed E-state index contributed by atoms with van der Waals surface area (Å²) in [5.41, 5.74) is 0. The summed E-state index contributed by atoms with van der Waals surface area (Å²) in [5.74, 6) is -1.02. The minimum absolute atomic E-state index is 0.0902. The van der Waals surface area contributed by atoms with Crippen molar-refractivity contribution in [3.8, 4) is 0 Å². The standard InChI is InChI=1S/C14H23NO4S2/c1-5-11(6-2)15(9-10(3)4)21(18,19)12-7-8-20-13(12)14(16)17/h7-8,10-11H,5-6,9H2,1-4H3,(H,16,17). The van der Waals surface area contributed by atoms with Gasteiger partial charge in [0.25, 0.3) is 0 Å². The van der Waals surface area contributed by atoms with E-state index in [0.717, 1.165) is 11.3 Å². The molecular formula is C14H23NO4S2. The first-order valence-corrected chi connectivity index (χ1v) is 9.40. The minimum atomic E-state index is -3.79. The number of hydrogen-bond acceptors (Lipinski definition) is 4. The SMILES string of the molecule is CCC(CC)N(CC(C)C)S(=O)(=O)c1ccsc1C(=O)O. The van der Waals surface area contributed by atoms with Crippen LogP contribution < -0.4 is 0 Å². The van der Waals surface area contributed by atoms with Gasteiger partial charge in [-0.25, -0.2) is 13.2 Å². The lowest BCUT2D eigenvalue weighted by Gasteiger charge is -2.30. The monoisotopic (exact) mass is 333 g/mol. The van der Waals surface area contributed by atoms with Gasteiger partial charge in [-0.3, -0.25) is 0 Å². The van der Waals surface area contributed by atoms with E-state index in [4.69, 9.17) is 5.11 Å². The van der Waals surface area contributed by atoms with Crippen molar-refractivity contribution in [1.82, 2.24) is 4.31 Å². The van der Waals surface area contributed by atoms with E-state index in [1.807, 2.05) is 27.7 Å². The highest BCUT2D eigenvalue weighted by Crippen LogP contribution is 2.28. The van der Waals surface area contributed by atoms with Gasteiger partial charge in [0.1, 0.15) is 9.77 Å². The third-order valence-electron chi connectivity index (χ3n) is 3.30. The highest BCUT2D eigenvalue weighted by molar-refractivity contribution is 7.89. The summed E-state index contributed by atoms with van der Waals surface area (Å²) in [6.07, 6.45) is 1.41. The van der Waals surface area contributed by atoms with Crippen LogP contribution in [0.15, 0.2) is 16.3 Å². The van der Waals surface area contributed by atoms with Crippen molar-refractivity contribution < 1.29 is 18.3 Å². The Labute approximate surface area is 130 Å². The summed E-state index contributed by atoms with van der Waals surface area (Å²) in [5, 5.41) is 10.7. The zero-order valence-electron chi connectivity index (χ0n) is 12.9. The Morgan fingerprint density at radius 2 is 1.90 bits per heavy atom. The van der Waals surface area contributed by atoms with Crippen LogP contribution in [-0.4, -0.2) is 36.4 Å². The molecule has 21 heavy (non-hydrogen) atoms. The molecule has 0 radical (unpaired) electrons. The Morgan fingerprint density at radius 1 is 1.33 bits per heavy atom. The molecule has 0 aromatic carbocycles. The van der Waals surface area contributed by atoms with Gasteiger partial charge >= 0.3 is 5.97 Å². The van der Waals surface area contributed by atoms with E-state index in [1.54, 1.807) is 0 Å².